The molecule has 0 spiro atoms. The molecule has 2 saturated heterocycles. The van der Waals surface area contributed by atoms with Crippen LogP contribution in [-0.2, 0) is 0 Å². The number of nitrogens with zero attached hydrogens (tertiary/aromatic N) is 2. The molecule has 0 radical (unpaired) electrons. The molecule has 0 amide bonds. The Bertz CT molecular complexity index is 330. The van der Waals surface area contributed by atoms with Crippen LogP contribution in [0.1, 0.15) is 61.3 Å². The maximum atomic E-state index is 4.13. The second-order valence-corrected chi connectivity index (χ2v) is 8.14. The van der Waals surface area contributed by atoms with E-state index in [9.17, 15) is 0 Å². The summed E-state index contributed by atoms with van der Waals surface area (Å²) in [6.07, 6.45) is 2.82. The van der Waals surface area contributed by atoms with Crippen molar-refractivity contribution in [2.75, 3.05) is 32.7 Å². The van der Waals surface area contributed by atoms with Crippen molar-refractivity contribution >= 4 is 0 Å². The minimum atomic E-state index is 0.785. The van der Waals surface area contributed by atoms with Gasteiger partial charge in [-0.25, -0.2) is 0 Å². The van der Waals surface area contributed by atoms with Gasteiger partial charge in [-0.15, -0.1) is 0 Å². The second-order valence-electron chi connectivity index (χ2n) is 8.14. The van der Waals surface area contributed by atoms with Gasteiger partial charge in [0.25, 0.3) is 0 Å². The predicted molar refractivity (Wildman–Crippen MR) is 104 cm³/mol. The summed E-state index contributed by atoms with van der Waals surface area (Å²) in [6.45, 7) is 26.3. The van der Waals surface area contributed by atoms with Crippen molar-refractivity contribution in [3.8, 4) is 0 Å². The summed E-state index contributed by atoms with van der Waals surface area (Å²) < 4.78 is 0. The Morgan fingerprint density at radius 1 is 1.04 bits per heavy atom. The quantitative estimate of drug-likeness (QED) is 0.709. The van der Waals surface area contributed by atoms with Crippen LogP contribution < -0.4 is 0 Å². The van der Waals surface area contributed by atoms with Crippen LogP contribution in [0.3, 0.4) is 0 Å². The van der Waals surface area contributed by atoms with Gasteiger partial charge in [0.2, 0.25) is 0 Å². The van der Waals surface area contributed by atoms with E-state index in [0.717, 1.165) is 29.6 Å². The van der Waals surface area contributed by atoms with Gasteiger partial charge in [0.15, 0.2) is 0 Å². The SMILES string of the molecule is C=C(C)N1C[C@@H](C)C(CN2CCC(C(C)C)CC2)[C@@H](C)C1.CC. The van der Waals surface area contributed by atoms with Crippen molar-refractivity contribution in [3.05, 3.63) is 12.3 Å². The lowest BCUT2D eigenvalue weighted by Crippen LogP contribution is -2.48. The Hall–Kier alpha value is -0.500. The Kier molecular flexibility index (Phi) is 8.68. The number of likely N-dealkylation sites (tertiary alicyclic amines) is 2. The van der Waals surface area contributed by atoms with Gasteiger partial charge in [-0.2, -0.15) is 0 Å². The fourth-order valence-electron chi connectivity index (χ4n) is 4.37. The highest BCUT2D eigenvalue weighted by Gasteiger charge is 2.33. The van der Waals surface area contributed by atoms with Crippen LogP contribution >= 0.6 is 0 Å². The molecule has 2 aliphatic rings. The molecule has 0 bridgehead atoms. The van der Waals surface area contributed by atoms with Gasteiger partial charge in [0.05, 0.1) is 0 Å². The summed E-state index contributed by atoms with van der Waals surface area (Å²) in [7, 11) is 0. The first kappa shape index (κ1) is 20.5. The number of hydrogen-bond donors (Lipinski definition) is 0. The zero-order chi connectivity index (χ0) is 17.6. The lowest BCUT2D eigenvalue weighted by atomic mass is 9.78. The van der Waals surface area contributed by atoms with Crippen LogP contribution in [-0.4, -0.2) is 42.5 Å². The van der Waals surface area contributed by atoms with E-state index in [4.69, 9.17) is 0 Å². The first-order valence-corrected chi connectivity index (χ1v) is 10.0. The van der Waals surface area contributed by atoms with Crippen molar-refractivity contribution in [2.24, 2.45) is 29.6 Å². The zero-order valence-electron chi connectivity index (χ0n) is 16.9. The van der Waals surface area contributed by atoms with Crippen LogP contribution in [0.15, 0.2) is 12.3 Å². The van der Waals surface area contributed by atoms with E-state index in [2.05, 4.69) is 51.0 Å². The summed E-state index contributed by atoms with van der Waals surface area (Å²) in [5.74, 6) is 4.25. The molecular weight excluding hydrogens is 280 g/mol. The summed E-state index contributed by atoms with van der Waals surface area (Å²) in [4.78, 5) is 5.23. The highest BCUT2D eigenvalue weighted by molar-refractivity contribution is 4.95. The average Bonchev–Trinajstić information content (AvgIpc) is 2.53. The van der Waals surface area contributed by atoms with Crippen LogP contribution in [0.4, 0.5) is 0 Å². The molecule has 2 heteroatoms. The summed E-state index contributed by atoms with van der Waals surface area (Å²) >= 11 is 0. The fourth-order valence-corrected chi connectivity index (χ4v) is 4.37. The molecule has 2 rings (SSSR count). The van der Waals surface area contributed by atoms with E-state index in [0.29, 0.717) is 0 Å². The van der Waals surface area contributed by atoms with E-state index in [1.807, 2.05) is 13.8 Å². The lowest BCUT2D eigenvalue weighted by Gasteiger charge is -2.45. The Morgan fingerprint density at radius 2 is 1.52 bits per heavy atom. The van der Waals surface area contributed by atoms with Gasteiger partial charge in [-0.1, -0.05) is 48.1 Å². The third kappa shape index (κ3) is 5.81. The predicted octanol–water partition coefficient (Wildman–Crippen LogP) is 5.12. The molecule has 0 N–H and O–H groups in total. The van der Waals surface area contributed by atoms with E-state index in [1.165, 1.54) is 51.3 Å². The third-order valence-electron chi connectivity index (χ3n) is 6.06. The van der Waals surface area contributed by atoms with Gasteiger partial charge >= 0.3 is 0 Å². The number of hydrogen-bond acceptors (Lipinski definition) is 2. The molecule has 2 fully saturated rings. The Balaban J connectivity index is 0.00000127. The highest BCUT2D eigenvalue weighted by atomic mass is 15.2. The molecule has 2 heterocycles. The second kappa shape index (κ2) is 9.71. The van der Waals surface area contributed by atoms with Crippen LogP contribution in [0.25, 0.3) is 0 Å². The first-order chi connectivity index (χ1) is 10.9. The van der Waals surface area contributed by atoms with Crippen LogP contribution in [0.2, 0.25) is 0 Å². The van der Waals surface area contributed by atoms with Gasteiger partial charge in [-0.3, -0.25) is 0 Å². The Morgan fingerprint density at radius 3 is 1.91 bits per heavy atom. The molecule has 0 aromatic heterocycles. The maximum Gasteiger partial charge on any atom is 0.0203 e. The summed E-state index contributed by atoms with van der Waals surface area (Å²) in [5, 5.41) is 0. The van der Waals surface area contributed by atoms with E-state index in [1.54, 1.807) is 0 Å². The first-order valence-electron chi connectivity index (χ1n) is 10.0. The molecule has 0 aromatic rings. The van der Waals surface area contributed by atoms with Crippen molar-refractivity contribution < 1.29 is 0 Å². The molecule has 0 aliphatic carbocycles. The molecule has 136 valence electrons. The monoisotopic (exact) mass is 322 g/mol. The van der Waals surface area contributed by atoms with Gasteiger partial charge in [0.1, 0.15) is 0 Å². The molecule has 2 aliphatic heterocycles. The minimum absolute atomic E-state index is 0.785. The molecule has 1 unspecified atom stereocenters. The van der Waals surface area contributed by atoms with Gasteiger partial charge in [0, 0.05) is 25.3 Å². The van der Waals surface area contributed by atoms with Gasteiger partial charge in [-0.05, 0) is 62.4 Å². The van der Waals surface area contributed by atoms with Crippen LogP contribution in [0, 0.1) is 29.6 Å². The van der Waals surface area contributed by atoms with Crippen molar-refractivity contribution in [2.45, 2.75) is 61.3 Å². The number of rotatable bonds is 4. The molecule has 2 nitrogen and oxygen atoms in total. The third-order valence-corrected chi connectivity index (χ3v) is 6.06. The number of piperidine rings is 2. The fraction of sp³-hybridized carbons (Fsp3) is 0.905. The van der Waals surface area contributed by atoms with Gasteiger partial charge < -0.3 is 9.80 Å². The standard InChI is InChI=1S/C19H36N2.C2H6/c1-14(2)18-7-9-20(10-8-18)13-19-16(5)11-21(15(3)4)12-17(19)6;1-2/h14,16-19H,3,7-13H2,1-2,4-6H3;1-2H3/t16-,17+,19?;. The van der Waals surface area contributed by atoms with Crippen molar-refractivity contribution in [1.29, 1.82) is 0 Å². The van der Waals surface area contributed by atoms with E-state index < -0.39 is 0 Å². The largest absolute Gasteiger partial charge is 0.375 e. The normalized spacial score (nSPS) is 30.1. The zero-order valence-corrected chi connectivity index (χ0v) is 16.9. The molecule has 3 atom stereocenters. The Labute approximate surface area is 146 Å². The minimum Gasteiger partial charge on any atom is -0.375 e. The average molecular weight is 323 g/mol. The van der Waals surface area contributed by atoms with Crippen molar-refractivity contribution in [3.63, 3.8) is 0 Å². The van der Waals surface area contributed by atoms with E-state index in [-0.39, 0.29) is 0 Å². The molecule has 0 aromatic carbocycles. The highest BCUT2D eigenvalue weighted by Crippen LogP contribution is 2.32. The maximum absolute atomic E-state index is 4.13. The topological polar surface area (TPSA) is 6.48 Å². The smallest absolute Gasteiger partial charge is 0.0203 e. The number of allylic oxidation sites excluding steroid dienone is 1. The molecular formula is C21H42N2. The molecule has 0 saturated carbocycles. The summed E-state index contributed by atoms with van der Waals surface area (Å²) in [6, 6.07) is 0. The van der Waals surface area contributed by atoms with Crippen molar-refractivity contribution in [1.82, 2.24) is 9.80 Å². The van der Waals surface area contributed by atoms with Crippen LogP contribution in [0.5, 0.6) is 0 Å². The molecule has 23 heavy (non-hydrogen) atoms. The summed E-state index contributed by atoms with van der Waals surface area (Å²) in [5.41, 5.74) is 1.24. The van der Waals surface area contributed by atoms with E-state index >= 15 is 0 Å². The lowest BCUT2D eigenvalue weighted by molar-refractivity contribution is 0.0538.